The number of halogens is 1. The summed E-state index contributed by atoms with van der Waals surface area (Å²) >= 11 is 3.43. The number of pyridine rings is 4. The Kier molecular flexibility index (Phi) is 6.57. The van der Waals surface area contributed by atoms with Gasteiger partial charge in [-0.1, -0.05) is 40.2 Å². The van der Waals surface area contributed by atoms with Crippen LogP contribution >= 0.6 is 15.9 Å². The van der Waals surface area contributed by atoms with Crippen molar-refractivity contribution in [3.05, 3.63) is 95.6 Å². The van der Waals surface area contributed by atoms with Crippen molar-refractivity contribution in [2.45, 2.75) is 25.5 Å². The Morgan fingerprint density at radius 2 is 1.03 bits per heavy atom. The smallest absolute Gasteiger partial charge is 0.0886 e. The van der Waals surface area contributed by atoms with E-state index in [1.54, 1.807) is 0 Å². The highest BCUT2D eigenvalue weighted by Gasteiger charge is 2.04. The molecule has 0 saturated carbocycles. The number of nitrogens with zero attached hydrogens (tertiary/aromatic N) is 4. The van der Waals surface area contributed by atoms with Crippen LogP contribution < -0.4 is 0 Å². The first-order valence-electron chi connectivity index (χ1n) is 9.63. The molecule has 4 aromatic heterocycles. The number of aryl methyl sites for hydroxylation is 1. The number of hydrogen-bond donors (Lipinski definition) is 0. The van der Waals surface area contributed by atoms with Gasteiger partial charge in [-0.3, -0.25) is 19.9 Å². The molecule has 0 bridgehead atoms. The minimum Gasteiger partial charge on any atom is -0.372 e. The first-order chi connectivity index (χ1) is 14.7. The van der Waals surface area contributed by atoms with Crippen LogP contribution in [0.1, 0.15) is 22.3 Å². The molecule has 0 amide bonds. The predicted molar refractivity (Wildman–Crippen MR) is 121 cm³/mol. The SMILES string of the molecule is Cc1ccc(-c2ccc(COCc3ccc(-c4ccc(CBr)cn4)nc3)cn2)nc1. The van der Waals surface area contributed by atoms with Gasteiger partial charge in [0.15, 0.2) is 0 Å². The second kappa shape index (κ2) is 9.69. The van der Waals surface area contributed by atoms with Gasteiger partial charge in [-0.2, -0.15) is 0 Å². The molecule has 150 valence electrons. The van der Waals surface area contributed by atoms with Gasteiger partial charge in [0, 0.05) is 30.1 Å². The van der Waals surface area contributed by atoms with E-state index < -0.39 is 0 Å². The molecule has 4 heterocycles. The van der Waals surface area contributed by atoms with Gasteiger partial charge in [-0.05, 0) is 53.4 Å². The molecule has 0 radical (unpaired) electrons. The lowest BCUT2D eigenvalue weighted by molar-refractivity contribution is 0.107. The van der Waals surface area contributed by atoms with Gasteiger partial charge < -0.3 is 4.74 Å². The van der Waals surface area contributed by atoms with Gasteiger partial charge in [0.2, 0.25) is 0 Å². The molecule has 30 heavy (non-hydrogen) atoms. The third kappa shape index (κ3) is 5.14. The van der Waals surface area contributed by atoms with E-state index in [0.29, 0.717) is 13.2 Å². The van der Waals surface area contributed by atoms with Crippen LogP contribution in [0, 0.1) is 6.92 Å². The first-order valence-corrected chi connectivity index (χ1v) is 10.8. The van der Waals surface area contributed by atoms with Crippen LogP contribution in [0.5, 0.6) is 0 Å². The minimum atomic E-state index is 0.491. The fourth-order valence-corrected chi connectivity index (χ4v) is 3.22. The van der Waals surface area contributed by atoms with Crippen LogP contribution in [0.3, 0.4) is 0 Å². The fraction of sp³-hybridized carbons (Fsp3) is 0.167. The number of aromatic nitrogens is 4. The molecule has 0 unspecified atom stereocenters. The highest BCUT2D eigenvalue weighted by atomic mass is 79.9. The minimum absolute atomic E-state index is 0.491. The van der Waals surface area contributed by atoms with E-state index in [9.17, 15) is 0 Å². The second-order valence-corrected chi connectivity index (χ2v) is 7.56. The number of alkyl halides is 1. The Balaban J connectivity index is 1.31. The molecule has 0 aliphatic heterocycles. The second-order valence-electron chi connectivity index (χ2n) is 7.00. The van der Waals surface area contributed by atoms with Gasteiger partial charge in [0.25, 0.3) is 0 Å². The lowest BCUT2D eigenvalue weighted by Gasteiger charge is -2.07. The summed E-state index contributed by atoms with van der Waals surface area (Å²) in [6.45, 7) is 3.00. The number of ether oxygens (including phenoxy) is 1. The van der Waals surface area contributed by atoms with Gasteiger partial charge in [0.1, 0.15) is 0 Å². The molecule has 4 rings (SSSR count). The van der Waals surface area contributed by atoms with E-state index in [1.165, 1.54) is 0 Å². The average molecular weight is 461 g/mol. The summed E-state index contributed by atoms with van der Waals surface area (Å²) in [4.78, 5) is 17.9. The third-order valence-electron chi connectivity index (χ3n) is 4.60. The topological polar surface area (TPSA) is 60.8 Å². The maximum atomic E-state index is 5.83. The maximum Gasteiger partial charge on any atom is 0.0886 e. The highest BCUT2D eigenvalue weighted by molar-refractivity contribution is 9.08. The summed E-state index contributed by atoms with van der Waals surface area (Å²) in [5, 5.41) is 0.797. The molecular formula is C24H21BrN4O. The van der Waals surface area contributed by atoms with E-state index >= 15 is 0 Å². The molecule has 0 N–H and O–H groups in total. The molecule has 0 saturated heterocycles. The van der Waals surface area contributed by atoms with Crippen molar-refractivity contribution < 1.29 is 4.74 Å². The van der Waals surface area contributed by atoms with Gasteiger partial charge in [-0.15, -0.1) is 0 Å². The van der Waals surface area contributed by atoms with Gasteiger partial charge in [0.05, 0.1) is 36.0 Å². The molecule has 0 spiro atoms. The normalized spacial score (nSPS) is 10.9. The Labute approximate surface area is 184 Å². The van der Waals surface area contributed by atoms with Gasteiger partial charge >= 0.3 is 0 Å². The number of rotatable bonds is 7. The molecule has 0 aromatic carbocycles. The molecular weight excluding hydrogens is 440 g/mol. The molecule has 0 aliphatic carbocycles. The molecule has 0 atom stereocenters. The summed E-state index contributed by atoms with van der Waals surface area (Å²) < 4.78 is 5.83. The zero-order chi connectivity index (χ0) is 20.8. The van der Waals surface area contributed by atoms with Crippen molar-refractivity contribution in [1.82, 2.24) is 19.9 Å². The van der Waals surface area contributed by atoms with Gasteiger partial charge in [-0.25, -0.2) is 0 Å². The fourth-order valence-electron chi connectivity index (χ4n) is 2.88. The van der Waals surface area contributed by atoms with Crippen molar-refractivity contribution in [1.29, 1.82) is 0 Å². The van der Waals surface area contributed by atoms with E-state index in [-0.39, 0.29) is 0 Å². The molecule has 6 heteroatoms. The van der Waals surface area contributed by atoms with Crippen molar-refractivity contribution in [3.63, 3.8) is 0 Å². The van der Waals surface area contributed by atoms with E-state index in [4.69, 9.17) is 4.74 Å². The summed E-state index contributed by atoms with van der Waals surface area (Å²) in [6, 6.07) is 16.0. The average Bonchev–Trinajstić information content (AvgIpc) is 2.81. The summed E-state index contributed by atoms with van der Waals surface area (Å²) in [5.41, 5.74) is 7.75. The Morgan fingerprint density at radius 1 is 0.600 bits per heavy atom. The summed E-state index contributed by atoms with van der Waals surface area (Å²) in [5.74, 6) is 0. The van der Waals surface area contributed by atoms with Crippen molar-refractivity contribution in [2.24, 2.45) is 0 Å². The van der Waals surface area contributed by atoms with E-state index in [0.717, 1.165) is 50.4 Å². The summed E-state index contributed by atoms with van der Waals surface area (Å²) in [6.07, 6.45) is 7.37. The largest absolute Gasteiger partial charge is 0.372 e. The van der Waals surface area contributed by atoms with E-state index in [2.05, 4.69) is 35.9 Å². The third-order valence-corrected chi connectivity index (χ3v) is 5.25. The van der Waals surface area contributed by atoms with Crippen molar-refractivity contribution in [2.75, 3.05) is 0 Å². The van der Waals surface area contributed by atoms with Crippen LogP contribution in [0.15, 0.2) is 73.3 Å². The van der Waals surface area contributed by atoms with Crippen LogP contribution in [0.4, 0.5) is 0 Å². The monoisotopic (exact) mass is 460 g/mol. The predicted octanol–water partition coefficient (Wildman–Crippen LogP) is 5.52. The molecule has 0 fully saturated rings. The van der Waals surface area contributed by atoms with Crippen LogP contribution in [-0.4, -0.2) is 19.9 Å². The van der Waals surface area contributed by atoms with E-state index in [1.807, 2.05) is 80.2 Å². The Morgan fingerprint density at radius 3 is 1.40 bits per heavy atom. The zero-order valence-corrected chi connectivity index (χ0v) is 18.2. The van der Waals surface area contributed by atoms with Crippen LogP contribution in [0.2, 0.25) is 0 Å². The molecule has 0 aliphatic rings. The maximum absolute atomic E-state index is 5.83. The lowest BCUT2D eigenvalue weighted by Crippen LogP contribution is -1.97. The standard InChI is InChI=1S/C24H21BrN4O/c1-17-2-6-21(26-11-17)23-8-4-19(13-28-23)15-30-16-20-5-9-24(29-14-20)22-7-3-18(10-25)12-27-22/h2-9,11-14H,10,15-16H2,1H3. The lowest BCUT2D eigenvalue weighted by atomic mass is 10.2. The number of hydrogen-bond acceptors (Lipinski definition) is 5. The molecule has 4 aromatic rings. The first kappa shape index (κ1) is 20.3. The quantitative estimate of drug-likeness (QED) is 0.339. The molecule has 5 nitrogen and oxygen atoms in total. The summed E-state index contributed by atoms with van der Waals surface area (Å²) in [7, 11) is 0. The van der Waals surface area contributed by atoms with Crippen LogP contribution in [0.25, 0.3) is 22.8 Å². The van der Waals surface area contributed by atoms with Crippen LogP contribution in [-0.2, 0) is 23.3 Å². The Hall–Kier alpha value is -2.96. The van der Waals surface area contributed by atoms with Crippen molar-refractivity contribution >= 4 is 15.9 Å². The van der Waals surface area contributed by atoms with Crippen molar-refractivity contribution in [3.8, 4) is 22.8 Å². The Bertz CT molecular complexity index is 1080. The zero-order valence-electron chi connectivity index (χ0n) is 16.6. The highest BCUT2D eigenvalue weighted by Crippen LogP contribution is 2.17.